The van der Waals surface area contributed by atoms with Gasteiger partial charge in [0, 0.05) is 31.7 Å². The van der Waals surface area contributed by atoms with Crippen molar-refractivity contribution in [2.24, 2.45) is 11.1 Å². The van der Waals surface area contributed by atoms with Crippen molar-refractivity contribution in [2.45, 2.75) is 45.3 Å². The Balaban J connectivity index is 2.02. The highest BCUT2D eigenvalue weighted by Crippen LogP contribution is 2.40. The summed E-state index contributed by atoms with van der Waals surface area (Å²) < 4.78 is 11.1. The molecule has 2 N–H and O–H groups in total. The van der Waals surface area contributed by atoms with Crippen molar-refractivity contribution < 1.29 is 14.3 Å². The zero-order valence-electron chi connectivity index (χ0n) is 11.6. The lowest BCUT2D eigenvalue weighted by Gasteiger charge is -2.43. The number of nitrogens with zero attached hydrogens (tertiary/aromatic N) is 1. The second kappa shape index (κ2) is 4.70. The third-order valence-corrected chi connectivity index (χ3v) is 3.83. The zero-order valence-corrected chi connectivity index (χ0v) is 11.6. The first-order chi connectivity index (χ1) is 8.36. The van der Waals surface area contributed by atoms with Crippen LogP contribution in [0.2, 0.25) is 0 Å². The highest BCUT2D eigenvalue weighted by Gasteiger charge is 2.48. The lowest BCUT2D eigenvalue weighted by molar-refractivity contribution is -0.0296. The van der Waals surface area contributed by atoms with E-state index in [9.17, 15) is 4.79 Å². The molecule has 2 atom stereocenters. The third-order valence-electron chi connectivity index (χ3n) is 3.83. The van der Waals surface area contributed by atoms with Crippen molar-refractivity contribution >= 4 is 6.09 Å². The van der Waals surface area contributed by atoms with Gasteiger partial charge in [-0.05, 0) is 33.6 Å². The third kappa shape index (κ3) is 2.62. The molecule has 2 fully saturated rings. The molecule has 2 aliphatic rings. The second-order valence-corrected chi connectivity index (χ2v) is 6.37. The molecule has 104 valence electrons. The van der Waals surface area contributed by atoms with E-state index in [1.807, 2.05) is 20.8 Å². The molecule has 0 aromatic carbocycles. The predicted octanol–water partition coefficient (Wildman–Crippen LogP) is 1.36. The number of ether oxygens (including phenoxy) is 2. The maximum Gasteiger partial charge on any atom is 0.410 e. The first kappa shape index (κ1) is 13.6. The number of hydrogen-bond acceptors (Lipinski definition) is 4. The molecule has 0 aromatic rings. The lowest BCUT2D eigenvalue weighted by atomic mass is 9.77. The minimum atomic E-state index is -0.448. The second-order valence-electron chi connectivity index (χ2n) is 6.37. The Morgan fingerprint density at radius 2 is 2.28 bits per heavy atom. The van der Waals surface area contributed by atoms with Crippen LogP contribution in [0.25, 0.3) is 0 Å². The normalized spacial score (nSPS) is 32.2. The summed E-state index contributed by atoms with van der Waals surface area (Å²) in [5.74, 6) is 0. The number of carbonyl (C=O) groups excluding carboxylic acids is 1. The van der Waals surface area contributed by atoms with Crippen LogP contribution in [-0.4, -0.2) is 48.9 Å². The van der Waals surface area contributed by atoms with Crippen molar-refractivity contribution in [1.82, 2.24) is 4.90 Å². The smallest absolute Gasteiger partial charge is 0.410 e. The van der Waals surface area contributed by atoms with Gasteiger partial charge >= 0.3 is 6.09 Å². The molecular weight excluding hydrogens is 232 g/mol. The van der Waals surface area contributed by atoms with Crippen molar-refractivity contribution in [1.29, 1.82) is 0 Å². The molecule has 0 radical (unpaired) electrons. The molecule has 2 saturated heterocycles. The Bertz CT molecular complexity index is 327. The van der Waals surface area contributed by atoms with Crippen LogP contribution in [0.5, 0.6) is 0 Å². The van der Waals surface area contributed by atoms with E-state index < -0.39 is 5.60 Å². The lowest BCUT2D eigenvalue weighted by Crippen LogP contribution is -2.55. The summed E-state index contributed by atoms with van der Waals surface area (Å²) in [4.78, 5) is 13.9. The first-order valence-corrected chi connectivity index (χ1v) is 6.66. The number of amides is 1. The minimum absolute atomic E-state index is 0.0604. The molecule has 5 heteroatoms. The Kier molecular flexibility index (Phi) is 3.56. The van der Waals surface area contributed by atoms with Gasteiger partial charge in [0.25, 0.3) is 0 Å². The quantitative estimate of drug-likeness (QED) is 0.769. The van der Waals surface area contributed by atoms with Gasteiger partial charge in [0.15, 0.2) is 0 Å². The van der Waals surface area contributed by atoms with Crippen LogP contribution in [0.3, 0.4) is 0 Å². The van der Waals surface area contributed by atoms with E-state index in [4.69, 9.17) is 15.2 Å². The first-order valence-electron chi connectivity index (χ1n) is 6.66. The molecule has 2 rings (SSSR count). The van der Waals surface area contributed by atoms with E-state index in [0.29, 0.717) is 19.6 Å². The number of piperidine rings is 1. The molecule has 1 amide bonds. The Hall–Kier alpha value is -0.810. The van der Waals surface area contributed by atoms with Gasteiger partial charge in [-0.15, -0.1) is 0 Å². The molecule has 0 bridgehead atoms. The van der Waals surface area contributed by atoms with Gasteiger partial charge < -0.3 is 20.1 Å². The summed E-state index contributed by atoms with van der Waals surface area (Å²) in [6, 6.07) is 0. The predicted molar refractivity (Wildman–Crippen MR) is 68.3 cm³/mol. The van der Waals surface area contributed by atoms with Gasteiger partial charge in [0.05, 0.1) is 6.10 Å². The Morgan fingerprint density at radius 1 is 1.56 bits per heavy atom. The average Bonchev–Trinajstić information content (AvgIpc) is 2.69. The number of rotatable bonds is 1. The van der Waals surface area contributed by atoms with Gasteiger partial charge in [-0.1, -0.05) is 0 Å². The molecule has 2 unspecified atom stereocenters. The number of nitrogens with two attached hydrogens (primary N) is 1. The highest BCUT2D eigenvalue weighted by molar-refractivity contribution is 5.68. The van der Waals surface area contributed by atoms with Crippen molar-refractivity contribution in [3.63, 3.8) is 0 Å². The molecule has 2 aliphatic heterocycles. The number of likely N-dealkylation sites (tertiary alicyclic amines) is 1. The highest BCUT2D eigenvalue weighted by atomic mass is 16.6. The van der Waals surface area contributed by atoms with Crippen LogP contribution in [0.4, 0.5) is 4.79 Å². The van der Waals surface area contributed by atoms with Crippen LogP contribution in [-0.2, 0) is 9.47 Å². The minimum Gasteiger partial charge on any atom is -0.444 e. The zero-order chi connectivity index (χ0) is 13.4. The fourth-order valence-electron chi connectivity index (χ4n) is 2.83. The molecule has 18 heavy (non-hydrogen) atoms. The van der Waals surface area contributed by atoms with Crippen molar-refractivity contribution in [3.05, 3.63) is 0 Å². The molecule has 2 heterocycles. The Morgan fingerprint density at radius 3 is 2.89 bits per heavy atom. The number of hydrogen-bond donors (Lipinski definition) is 1. The van der Waals surface area contributed by atoms with Crippen LogP contribution >= 0.6 is 0 Å². The molecule has 0 aliphatic carbocycles. The fraction of sp³-hybridized carbons (Fsp3) is 0.923. The summed E-state index contributed by atoms with van der Waals surface area (Å²) in [6.07, 6.45) is 1.77. The van der Waals surface area contributed by atoms with Gasteiger partial charge in [0.1, 0.15) is 5.60 Å². The summed E-state index contributed by atoms with van der Waals surface area (Å²) >= 11 is 0. The monoisotopic (exact) mass is 256 g/mol. The molecule has 0 saturated carbocycles. The number of carbonyl (C=O) groups is 1. The van der Waals surface area contributed by atoms with Crippen LogP contribution < -0.4 is 5.73 Å². The number of fused-ring (bicyclic) bond motifs is 1. The topological polar surface area (TPSA) is 64.8 Å². The van der Waals surface area contributed by atoms with E-state index >= 15 is 0 Å². The maximum absolute atomic E-state index is 12.1. The molecule has 0 spiro atoms. The van der Waals surface area contributed by atoms with Crippen LogP contribution in [0, 0.1) is 5.41 Å². The largest absolute Gasteiger partial charge is 0.444 e. The van der Waals surface area contributed by atoms with E-state index in [1.165, 1.54) is 0 Å². The summed E-state index contributed by atoms with van der Waals surface area (Å²) in [5.41, 5.74) is 5.40. The van der Waals surface area contributed by atoms with Crippen LogP contribution in [0.15, 0.2) is 0 Å². The molecular formula is C13H24N2O3. The fourth-order valence-corrected chi connectivity index (χ4v) is 2.83. The van der Waals surface area contributed by atoms with Crippen molar-refractivity contribution in [2.75, 3.05) is 26.2 Å². The standard InChI is InChI=1S/C13H24N2O3/c1-12(2,3)18-11(16)15-6-4-10-13(8-14,9-15)5-7-17-10/h10H,4-9,14H2,1-3H3. The summed E-state index contributed by atoms with van der Waals surface area (Å²) in [5, 5.41) is 0. The average molecular weight is 256 g/mol. The van der Waals surface area contributed by atoms with Crippen molar-refractivity contribution in [3.8, 4) is 0 Å². The van der Waals surface area contributed by atoms with Gasteiger partial charge in [0.2, 0.25) is 0 Å². The SMILES string of the molecule is CC(C)(C)OC(=O)N1CCC2OCCC2(CN)C1. The van der Waals surface area contributed by atoms with E-state index in [-0.39, 0.29) is 17.6 Å². The Labute approximate surface area is 109 Å². The molecule has 0 aromatic heterocycles. The van der Waals surface area contributed by atoms with Crippen LogP contribution in [0.1, 0.15) is 33.6 Å². The van der Waals surface area contributed by atoms with E-state index in [1.54, 1.807) is 4.90 Å². The molecule has 5 nitrogen and oxygen atoms in total. The van der Waals surface area contributed by atoms with E-state index in [2.05, 4.69) is 0 Å². The van der Waals surface area contributed by atoms with Gasteiger partial charge in [-0.25, -0.2) is 4.79 Å². The maximum atomic E-state index is 12.1. The summed E-state index contributed by atoms with van der Waals surface area (Å²) in [6.45, 7) is 8.32. The van der Waals surface area contributed by atoms with E-state index in [0.717, 1.165) is 19.4 Å². The van der Waals surface area contributed by atoms with Gasteiger partial charge in [-0.3, -0.25) is 0 Å². The van der Waals surface area contributed by atoms with Gasteiger partial charge in [-0.2, -0.15) is 0 Å². The summed E-state index contributed by atoms with van der Waals surface area (Å²) in [7, 11) is 0.